The van der Waals surface area contributed by atoms with E-state index in [0.29, 0.717) is 17.3 Å². The second-order valence-electron chi connectivity index (χ2n) is 6.54. The molecule has 0 bridgehead atoms. The highest BCUT2D eigenvalue weighted by molar-refractivity contribution is 9.09. The number of nitrogens with zero attached hydrogens (tertiary/aromatic N) is 1. The largest absolute Gasteiger partial charge is 0.392 e. The van der Waals surface area contributed by atoms with E-state index in [1.807, 2.05) is 7.05 Å². The summed E-state index contributed by atoms with van der Waals surface area (Å²) in [7, 11) is 2.03. The second-order valence-corrected chi connectivity index (χ2v) is 7.72. The number of aliphatic hydroxyl groups excluding tert-OH is 1. The number of rotatable bonds is 5. The fourth-order valence-electron chi connectivity index (χ4n) is 3.04. The molecule has 1 aliphatic heterocycles. The highest BCUT2D eigenvalue weighted by atomic mass is 79.9. The molecule has 1 aliphatic carbocycles. The van der Waals surface area contributed by atoms with Gasteiger partial charge in [-0.15, -0.1) is 0 Å². The Labute approximate surface area is 142 Å². The number of nitrogens with one attached hydrogen (secondary N) is 1. The van der Waals surface area contributed by atoms with Gasteiger partial charge in [0, 0.05) is 23.3 Å². The summed E-state index contributed by atoms with van der Waals surface area (Å²) < 4.78 is 0. The maximum Gasteiger partial charge on any atom is 0.0686 e. The van der Waals surface area contributed by atoms with E-state index in [1.165, 1.54) is 11.1 Å². The highest BCUT2D eigenvalue weighted by Crippen LogP contribution is 2.27. The Morgan fingerprint density at radius 1 is 1.55 bits per heavy atom. The second kappa shape index (κ2) is 7.62. The Balaban J connectivity index is 2.05. The number of likely N-dealkylation sites (tertiary alicyclic amines) is 1. The Hall–Kier alpha value is -0.840. The van der Waals surface area contributed by atoms with E-state index >= 15 is 0 Å². The van der Waals surface area contributed by atoms with Gasteiger partial charge in [0.1, 0.15) is 0 Å². The molecule has 0 radical (unpaired) electrons. The van der Waals surface area contributed by atoms with Crippen LogP contribution in [0.25, 0.3) is 0 Å². The quantitative estimate of drug-likeness (QED) is 0.732. The van der Waals surface area contributed by atoms with Crippen molar-refractivity contribution in [3.8, 4) is 0 Å². The lowest BCUT2D eigenvalue weighted by Gasteiger charge is -2.23. The Kier molecular flexibility index (Phi) is 6.07. The molecule has 3 atom stereocenters. The van der Waals surface area contributed by atoms with E-state index in [-0.39, 0.29) is 12.1 Å². The van der Waals surface area contributed by atoms with Crippen LogP contribution in [0.5, 0.6) is 0 Å². The minimum absolute atomic E-state index is 0.197. The van der Waals surface area contributed by atoms with Crippen molar-refractivity contribution in [3.05, 3.63) is 47.9 Å². The zero-order valence-electron chi connectivity index (χ0n) is 13.7. The third-order valence-corrected chi connectivity index (χ3v) is 5.02. The van der Waals surface area contributed by atoms with E-state index in [4.69, 9.17) is 0 Å². The first kappa shape index (κ1) is 17.5. The van der Waals surface area contributed by atoms with Crippen molar-refractivity contribution in [1.82, 2.24) is 10.2 Å². The van der Waals surface area contributed by atoms with Gasteiger partial charge in [-0.2, -0.15) is 0 Å². The molecule has 0 aromatic rings. The summed E-state index contributed by atoms with van der Waals surface area (Å²) >= 11 is 3.61. The van der Waals surface area contributed by atoms with Gasteiger partial charge >= 0.3 is 0 Å². The van der Waals surface area contributed by atoms with Crippen LogP contribution in [0.15, 0.2) is 47.9 Å². The summed E-state index contributed by atoms with van der Waals surface area (Å²) in [6.07, 6.45) is 10.3. The summed E-state index contributed by atoms with van der Waals surface area (Å²) in [4.78, 5) is 2.60. The van der Waals surface area contributed by atoms with Crippen molar-refractivity contribution in [2.45, 2.75) is 43.7 Å². The fraction of sp³-hybridized carbons (Fsp3) is 0.556. The molecule has 0 aromatic carbocycles. The van der Waals surface area contributed by atoms with Crippen molar-refractivity contribution in [2.24, 2.45) is 5.92 Å². The van der Waals surface area contributed by atoms with Crippen molar-refractivity contribution >= 4 is 15.9 Å². The molecule has 3 nitrogen and oxygen atoms in total. The highest BCUT2D eigenvalue weighted by Gasteiger charge is 2.29. The van der Waals surface area contributed by atoms with Crippen LogP contribution in [-0.2, 0) is 0 Å². The van der Waals surface area contributed by atoms with Gasteiger partial charge in [-0.1, -0.05) is 54.6 Å². The summed E-state index contributed by atoms with van der Waals surface area (Å²) in [5, 5.41) is 13.1. The summed E-state index contributed by atoms with van der Waals surface area (Å²) in [6.45, 7) is 9.28. The summed E-state index contributed by atoms with van der Waals surface area (Å²) in [5.74, 6) is 0.440. The smallest absolute Gasteiger partial charge is 0.0686 e. The molecule has 0 amide bonds. The molecule has 22 heavy (non-hydrogen) atoms. The van der Waals surface area contributed by atoms with Gasteiger partial charge < -0.3 is 10.4 Å². The van der Waals surface area contributed by atoms with Crippen molar-refractivity contribution in [2.75, 3.05) is 13.6 Å². The van der Waals surface area contributed by atoms with Gasteiger partial charge in [0.15, 0.2) is 0 Å². The first-order valence-corrected chi connectivity index (χ1v) is 8.86. The maximum absolute atomic E-state index is 9.76. The van der Waals surface area contributed by atoms with Crippen LogP contribution in [0.3, 0.4) is 0 Å². The molecule has 0 aromatic heterocycles. The predicted molar refractivity (Wildman–Crippen MR) is 96.8 cm³/mol. The van der Waals surface area contributed by atoms with Gasteiger partial charge in [0.05, 0.1) is 12.1 Å². The van der Waals surface area contributed by atoms with Crippen molar-refractivity contribution < 1.29 is 5.11 Å². The molecule has 2 N–H and O–H groups in total. The number of allylic oxidation sites excluding steroid dienone is 5. The molecule has 3 unspecified atom stereocenters. The van der Waals surface area contributed by atoms with E-state index in [1.54, 1.807) is 0 Å². The first-order chi connectivity index (χ1) is 10.4. The van der Waals surface area contributed by atoms with Gasteiger partial charge in [0.2, 0.25) is 0 Å². The number of alkyl halides is 1. The molecule has 1 fully saturated rings. The lowest BCUT2D eigenvalue weighted by molar-refractivity contribution is 0.182. The average molecular weight is 367 g/mol. The van der Waals surface area contributed by atoms with Gasteiger partial charge in [-0.05, 0) is 37.0 Å². The Morgan fingerprint density at radius 3 is 2.77 bits per heavy atom. The fourth-order valence-corrected chi connectivity index (χ4v) is 3.38. The van der Waals surface area contributed by atoms with Crippen LogP contribution in [-0.4, -0.2) is 40.6 Å². The number of likely N-dealkylation sites (N-methyl/N-ethyl adjacent to an activating group) is 1. The molecule has 0 saturated carbocycles. The standard InChI is InChI=1S/C18H27BrN2O/c1-12(2)17(14-5-7-15(19)8-6-14)10-20-13(3)18-9-16(22)11-21(18)4/h5-7,10,12,15-16,18,20,22H,3,8-9,11H2,1-2,4H3/b17-10+. The topological polar surface area (TPSA) is 35.5 Å². The molecule has 1 saturated heterocycles. The Bertz CT molecular complexity index is 507. The zero-order valence-corrected chi connectivity index (χ0v) is 15.3. The van der Waals surface area contributed by atoms with Crippen LogP contribution < -0.4 is 5.32 Å². The number of halogens is 1. The number of hydrogen-bond donors (Lipinski definition) is 2. The first-order valence-electron chi connectivity index (χ1n) is 7.95. The zero-order chi connectivity index (χ0) is 16.3. The van der Waals surface area contributed by atoms with Crippen molar-refractivity contribution in [1.29, 1.82) is 0 Å². The van der Waals surface area contributed by atoms with Crippen LogP contribution >= 0.6 is 15.9 Å². The molecular weight excluding hydrogens is 340 g/mol. The molecule has 1 heterocycles. The Morgan fingerprint density at radius 2 is 2.27 bits per heavy atom. The summed E-state index contributed by atoms with van der Waals surface area (Å²) in [6, 6.07) is 0.197. The van der Waals surface area contributed by atoms with Gasteiger partial charge in [-0.25, -0.2) is 0 Å². The van der Waals surface area contributed by atoms with E-state index in [9.17, 15) is 5.11 Å². The molecular formula is C18H27BrN2O. The van der Waals surface area contributed by atoms with Crippen LogP contribution in [0.2, 0.25) is 0 Å². The molecule has 2 rings (SSSR count). The molecule has 0 spiro atoms. The number of β-amino-alcohol motifs (C(OH)–C–C–N with tert-alkyl or cyclic N) is 1. The van der Waals surface area contributed by atoms with Gasteiger partial charge in [-0.3, -0.25) is 4.90 Å². The predicted octanol–water partition coefficient (Wildman–Crippen LogP) is 3.34. The normalized spacial score (nSPS) is 29.8. The van der Waals surface area contributed by atoms with Crippen LogP contribution in [0.4, 0.5) is 0 Å². The molecule has 4 heteroatoms. The van der Waals surface area contributed by atoms with E-state index < -0.39 is 0 Å². The molecule has 2 aliphatic rings. The SMILES string of the molecule is C=C(N/C=C(/C1=CCC(Br)C=C1)C(C)C)C1CC(O)CN1C. The number of aliphatic hydroxyl groups is 1. The van der Waals surface area contributed by atoms with Gasteiger partial charge in [0.25, 0.3) is 0 Å². The van der Waals surface area contributed by atoms with Crippen LogP contribution in [0, 0.1) is 5.92 Å². The van der Waals surface area contributed by atoms with Crippen LogP contribution in [0.1, 0.15) is 26.7 Å². The molecule has 122 valence electrons. The van der Waals surface area contributed by atoms with Crippen molar-refractivity contribution in [3.63, 3.8) is 0 Å². The third kappa shape index (κ3) is 4.34. The third-order valence-electron chi connectivity index (χ3n) is 4.34. The lowest BCUT2D eigenvalue weighted by Crippen LogP contribution is -2.31. The lowest BCUT2D eigenvalue weighted by atomic mass is 9.92. The average Bonchev–Trinajstić information content (AvgIpc) is 2.79. The maximum atomic E-state index is 9.76. The van der Waals surface area contributed by atoms with E-state index in [0.717, 1.165) is 18.5 Å². The minimum atomic E-state index is -0.248. The summed E-state index contributed by atoms with van der Waals surface area (Å²) in [5.41, 5.74) is 3.53. The minimum Gasteiger partial charge on any atom is -0.392 e. The number of hydrogen-bond acceptors (Lipinski definition) is 3. The monoisotopic (exact) mass is 366 g/mol. The van der Waals surface area contributed by atoms with E-state index in [2.05, 4.69) is 71.0 Å².